The van der Waals surface area contributed by atoms with Crippen molar-refractivity contribution in [1.82, 2.24) is 0 Å². The molecule has 0 bridgehead atoms. The van der Waals surface area contributed by atoms with Crippen molar-refractivity contribution in [1.29, 1.82) is 0 Å². The van der Waals surface area contributed by atoms with Crippen molar-refractivity contribution in [2.45, 2.75) is 52.9 Å². The Labute approximate surface area is 74.4 Å². The van der Waals surface area contributed by atoms with Gasteiger partial charge in [0.15, 0.2) is 0 Å². The predicted molar refractivity (Wildman–Crippen MR) is 48.5 cm³/mol. The third kappa shape index (κ3) is 3.51. The molecule has 0 aromatic heterocycles. The van der Waals surface area contributed by atoms with Crippen molar-refractivity contribution in [3.63, 3.8) is 0 Å². The second kappa shape index (κ2) is 4.78. The van der Waals surface area contributed by atoms with E-state index in [4.69, 9.17) is 0 Å². The third-order valence-electron chi connectivity index (χ3n) is 2.56. The summed E-state index contributed by atoms with van der Waals surface area (Å²) in [7, 11) is 0. The lowest BCUT2D eigenvalue weighted by atomic mass is 9.80. The Balaban J connectivity index is 0.000000561. The van der Waals surface area contributed by atoms with Crippen LogP contribution in [0, 0.1) is 11.8 Å². The van der Waals surface area contributed by atoms with Gasteiger partial charge >= 0.3 is 0 Å². The number of rotatable bonds is 0. The Kier molecular flexibility index (Phi) is 4.73. The zero-order chi connectivity index (χ0) is 9.78. The molecule has 1 aliphatic carbocycles. The molecule has 0 aromatic carbocycles. The fourth-order valence-electron chi connectivity index (χ4n) is 1.50. The first-order valence-corrected chi connectivity index (χ1v) is 4.89. The Morgan fingerprint density at radius 1 is 1.08 bits per heavy atom. The van der Waals surface area contributed by atoms with E-state index in [0.717, 1.165) is 0 Å². The summed E-state index contributed by atoms with van der Waals surface area (Å²) in [5.74, 6) is -1.69. The van der Waals surface area contributed by atoms with Gasteiger partial charge in [-0.2, -0.15) is 0 Å². The smallest absolute Gasteiger partial charge is 0.207 e. The van der Waals surface area contributed by atoms with E-state index in [1.54, 1.807) is 0 Å². The lowest BCUT2D eigenvalue weighted by molar-refractivity contribution is -0.0632. The van der Waals surface area contributed by atoms with Crippen LogP contribution in [0.3, 0.4) is 0 Å². The Morgan fingerprint density at radius 3 is 1.92 bits per heavy atom. The van der Waals surface area contributed by atoms with Crippen LogP contribution in [0.25, 0.3) is 0 Å². The SMILES string of the molecule is CC.CC1CCC(F)(F)CC1C. The standard InChI is InChI=1S/C8H14F2.C2H6/c1-6-3-4-8(9,10)5-7(6)2;1-2/h6-7H,3-5H2,1-2H3;1-2H3. The van der Waals surface area contributed by atoms with Crippen molar-refractivity contribution in [3.8, 4) is 0 Å². The summed E-state index contributed by atoms with van der Waals surface area (Å²) in [4.78, 5) is 0. The van der Waals surface area contributed by atoms with E-state index in [1.807, 2.05) is 20.8 Å². The lowest BCUT2D eigenvalue weighted by Crippen LogP contribution is -2.29. The van der Waals surface area contributed by atoms with Crippen molar-refractivity contribution in [2.24, 2.45) is 11.8 Å². The van der Waals surface area contributed by atoms with E-state index in [1.165, 1.54) is 0 Å². The van der Waals surface area contributed by atoms with Crippen LogP contribution in [-0.4, -0.2) is 5.92 Å². The largest absolute Gasteiger partial charge is 0.248 e. The van der Waals surface area contributed by atoms with Crippen LogP contribution >= 0.6 is 0 Å². The molecule has 2 atom stereocenters. The minimum absolute atomic E-state index is 0.0914. The Morgan fingerprint density at radius 2 is 1.58 bits per heavy atom. The van der Waals surface area contributed by atoms with Gasteiger partial charge in [0.05, 0.1) is 0 Å². The molecule has 0 heterocycles. The van der Waals surface area contributed by atoms with Gasteiger partial charge in [-0.25, -0.2) is 8.78 Å². The second-order valence-corrected chi connectivity index (χ2v) is 3.55. The van der Waals surface area contributed by atoms with E-state index in [-0.39, 0.29) is 18.8 Å². The molecule has 2 heteroatoms. The van der Waals surface area contributed by atoms with Gasteiger partial charge in [-0.1, -0.05) is 27.7 Å². The van der Waals surface area contributed by atoms with Crippen LogP contribution in [0.4, 0.5) is 8.78 Å². The summed E-state index contributed by atoms with van der Waals surface area (Å²) in [6.07, 6.45) is 0.876. The summed E-state index contributed by atoms with van der Waals surface area (Å²) < 4.78 is 25.3. The molecule has 1 rings (SSSR count). The van der Waals surface area contributed by atoms with E-state index < -0.39 is 5.92 Å². The molecule has 0 aromatic rings. The maximum Gasteiger partial charge on any atom is 0.248 e. The summed E-state index contributed by atoms with van der Waals surface area (Å²) in [5.41, 5.74) is 0. The maximum atomic E-state index is 12.6. The highest BCUT2D eigenvalue weighted by Gasteiger charge is 2.37. The average molecular weight is 178 g/mol. The van der Waals surface area contributed by atoms with Crippen LogP contribution < -0.4 is 0 Å². The van der Waals surface area contributed by atoms with E-state index in [0.29, 0.717) is 12.3 Å². The van der Waals surface area contributed by atoms with Gasteiger partial charge in [0.1, 0.15) is 0 Å². The first kappa shape index (κ1) is 11.9. The monoisotopic (exact) mass is 178 g/mol. The van der Waals surface area contributed by atoms with Crippen LogP contribution in [0.1, 0.15) is 47.0 Å². The van der Waals surface area contributed by atoms with Gasteiger partial charge in [-0.3, -0.25) is 0 Å². The quantitative estimate of drug-likeness (QED) is 0.523. The van der Waals surface area contributed by atoms with Crippen LogP contribution in [0.5, 0.6) is 0 Å². The fourth-order valence-corrected chi connectivity index (χ4v) is 1.50. The minimum Gasteiger partial charge on any atom is -0.207 e. The molecule has 0 amide bonds. The van der Waals surface area contributed by atoms with Crippen molar-refractivity contribution in [2.75, 3.05) is 0 Å². The summed E-state index contributed by atoms with van der Waals surface area (Å²) in [6, 6.07) is 0. The molecular weight excluding hydrogens is 158 g/mol. The molecule has 0 radical (unpaired) electrons. The second-order valence-electron chi connectivity index (χ2n) is 3.55. The van der Waals surface area contributed by atoms with Crippen LogP contribution in [-0.2, 0) is 0 Å². The molecule has 2 unspecified atom stereocenters. The number of hydrogen-bond donors (Lipinski definition) is 0. The first-order valence-electron chi connectivity index (χ1n) is 4.89. The average Bonchev–Trinajstić information content (AvgIpc) is 2.01. The van der Waals surface area contributed by atoms with Crippen molar-refractivity contribution in [3.05, 3.63) is 0 Å². The molecule has 0 spiro atoms. The normalized spacial score (nSPS) is 33.5. The lowest BCUT2D eigenvalue weighted by Gasteiger charge is -2.31. The van der Waals surface area contributed by atoms with Gasteiger partial charge in [0, 0.05) is 12.8 Å². The number of alkyl halides is 2. The molecule has 0 saturated heterocycles. The molecule has 0 aliphatic heterocycles. The van der Waals surface area contributed by atoms with Crippen molar-refractivity contribution < 1.29 is 8.78 Å². The van der Waals surface area contributed by atoms with Crippen molar-refractivity contribution >= 4 is 0 Å². The third-order valence-corrected chi connectivity index (χ3v) is 2.56. The van der Waals surface area contributed by atoms with Gasteiger partial charge in [-0.05, 0) is 18.3 Å². The fraction of sp³-hybridized carbons (Fsp3) is 1.00. The first-order chi connectivity index (χ1) is 5.51. The zero-order valence-electron chi connectivity index (χ0n) is 8.53. The van der Waals surface area contributed by atoms with E-state index in [9.17, 15) is 8.78 Å². The summed E-state index contributed by atoms with van der Waals surface area (Å²) >= 11 is 0. The molecule has 0 nitrogen and oxygen atoms in total. The molecule has 12 heavy (non-hydrogen) atoms. The van der Waals surface area contributed by atoms with Gasteiger partial charge in [0.2, 0.25) is 5.92 Å². The number of halogens is 2. The topological polar surface area (TPSA) is 0 Å². The van der Waals surface area contributed by atoms with Crippen LogP contribution in [0.2, 0.25) is 0 Å². The van der Waals surface area contributed by atoms with Gasteiger partial charge in [-0.15, -0.1) is 0 Å². The molecule has 1 saturated carbocycles. The summed E-state index contributed by atoms with van der Waals surface area (Å²) in [5, 5.41) is 0. The highest BCUT2D eigenvalue weighted by Crippen LogP contribution is 2.39. The van der Waals surface area contributed by atoms with Gasteiger partial charge in [0.25, 0.3) is 0 Å². The molecule has 0 N–H and O–H groups in total. The Bertz CT molecular complexity index is 121. The predicted octanol–water partition coefficient (Wildman–Crippen LogP) is 4.10. The van der Waals surface area contributed by atoms with Crippen LogP contribution in [0.15, 0.2) is 0 Å². The van der Waals surface area contributed by atoms with Gasteiger partial charge < -0.3 is 0 Å². The summed E-state index contributed by atoms with van der Waals surface area (Å²) in [6.45, 7) is 7.97. The molecule has 1 aliphatic rings. The highest BCUT2D eigenvalue weighted by atomic mass is 19.3. The van der Waals surface area contributed by atoms with E-state index >= 15 is 0 Å². The number of hydrogen-bond acceptors (Lipinski definition) is 0. The molecule has 1 fully saturated rings. The minimum atomic E-state index is -2.37. The zero-order valence-corrected chi connectivity index (χ0v) is 8.53. The molecule has 74 valence electrons. The highest BCUT2D eigenvalue weighted by molar-refractivity contribution is 4.79. The van der Waals surface area contributed by atoms with E-state index in [2.05, 4.69) is 6.92 Å². The maximum absolute atomic E-state index is 12.6. The Hall–Kier alpha value is -0.140. The molecular formula is C10H20F2.